The number of carbonyl (C=O) groups is 1. The molecule has 3 aromatic rings. The van der Waals surface area contributed by atoms with E-state index in [4.69, 9.17) is 0 Å². The number of benzene rings is 2. The van der Waals surface area contributed by atoms with E-state index in [2.05, 4.69) is 19.8 Å². The summed E-state index contributed by atoms with van der Waals surface area (Å²) >= 11 is 0. The molecular weight excluding hydrogens is 363 g/mol. The average molecular weight is 376 g/mol. The molecule has 0 saturated carbocycles. The third-order valence-electron chi connectivity index (χ3n) is 3.27. The first kappa shape index (κ1) is 17.5. The van der Waals surface area contributed by atoms with Gasteiger partial charge in [0.15, 0.2) is 0 Å². The van der Waals surface area contributed by atoms with E-state index in [0.29, 0.717) is 22.6 Å². The molecule has 0 fully saturated rings. The summed E-state index contributed by atoms with van der Waals surface area (Å²) in [5.74, 6) is -0.336. The Morgan fingerprint density at radius 1 is 1.19 bits per heavy atom. The normalized spacial score (nSPS) is 11.2. The van der Waals surface area contributed by atoms with Gasteiger partial charge in [-0.05, 0) is 36.4 Å². The summed E-state index contributed by atoms with van der Waals surface area (Å²) in [4.78, 5) is 11.0. The molecular formula is C16H13FN4O4S. The highest BCUT2D eigenvalue weighted by Crippen LogP contribution is 2.24. The SMILES string of the molecule is CC(=O)Nc1ccc(-n2cc(-c3cccc(OS(=O)(=O)F)c3)nn2)cc1. The lowest BCUT2D eigenvalue weighted by atomic mass is 10.1. The van der Waals surface area contributed by atoms with E-state index in [0.717, 1.165) is 0 Å². The van der Waals surface area contributed by atoms with Crippen LogP contribution in [0.25, 0.3) is 16.9 Å². The summed E-state index contributed by atoms with van der Waals surface area (Å²) in [6.07, 6.45) is 1.62. The minimum absolute atomic E-state index is 0.167. The van der Waals surface area contributed by atoms with Crippen LogP contribution in [0, 0.1) is 0 Å². The van der Waals surface area contributed by atoms with E-state index in [1.807, 2.05) is 0 Å². The van der Waals surface area contributed by atoms with Gasteiger partial charge in [0, 0.05) is 18.2 Å². The highest BCUT2D eigenvalue weighted by molar-refractivity contribution is 7.81. The molecule has 0 spiro atoms. The second kappa shape index (κ2) is 6.92. The summed E-state index contributed by atoms with van der Waals surface area (Å²) in [7, 11) is -5.10. The number of anilines is 1. The van der Waals surface area contributed by atoms with E-state index >= 15 is 0 Å². The van der Waals surface area contributed by atoms with Crippen LogP contribution in [-0.4, -0.2) is 29.3 Å². The smallest absolute Gasteiger partial charge is 0.358 e. The second-order valence-corrected chi connectivity index (χ2v) is 6.23. The molecule has 1 amide bonds. The molecule has 0 aliphatic carbocycles. The Bertz CT molecular complexity index is 1050. The van der Waals surface area contributed by atoms with Crippen LogP contribution in [0.1, 0.15) is 6.92 Å². The predicted octanol–water partition coefficient (Wildman–Crippen LogP) is 2.49. The maximum absolute atomic E-state index is 12.6. The van der Waals surface area contributed by atoms with Crippen LogP contribution >= 0.6 is 0 Å². The molecule has 0 aliphatic heterocycles. The molecule has 1 heterocycles. The van der Waals surface area contributed by atoms with Crippen LogP contribution in [0.15, 0.2) is 54.7 Å². The molecule has 3 rings (SSSR count). The lowest BCUT2D eigenvalue weighted by molar-refractivity contribution is -0.114. The van der Waals surface area contributed by atoms with Crippen LogP contribution in [0.4, 0.5) is 9.57 Å². The first-order valence-electron chi connectivity index (χ1n) is 7.35. The summed E-state index contributed by atoms with van der Waals surface area (Å²) < 4.78 is 39.5. The van der Waals surface area contributed by atoms with Crippen LogP contribution in [0.3, 0.4) is 0 Å². The Kier molecular flexibility index (Phi) is 4.67. The standard InChI is InChI=1S/C16H13FN4O4S/c1-11(22)18-13-5-7-14(8-6-13)21-10-16(19-20-21)12-3-2-4-15(9-12)25-26(17,23)24/h2-10H,1H3,(H,18,22). The quantitative estimate of drug-likeness (QED) is 0.686. The second-order valence-electron chi connectivity index (χ2n) is 5.28. The third kappa shape index (κ3) is 4.42. The molecule has 0 aliphatic rings. The zero-order chi connectivity index (χ0) is 18.7. The molecule has 0 saturated heterocycles. The van der Waals surface area contributed by atoms with Crippen molar-refractivity contribution in [3.8, 4) is 22.7 Å². The van der Waals surface area contributed by atoms with Gasteiger partial charge in [-0.25, -0.2) is 4.68 Å². The first-order chi connectivity index (χ1) is 12.3. The lowest BCUT2D eigenvalue weighted by Crippen LogP contribution is -2.05. The Hall–Kier alpha value is -3.27. The highest BCUT2D eigenvalue weighted by atomic mass is 32.3. The van der Waals surface area contributed by atoms with Gasteiger partial charge in [0.1, 0.15) is 11.4 Å². The number of rotatable bonds is 5. The van der Waals surface area contributed by atoms with Gasteiger partial charge in [0.05, 0.1) is 11.9 Å². The third-order valence-corrected chi connectivity index (χ3v) is 3.66. The topological polar surface area (TPSA) is 103 Å². The van der Waals surface area contributed by atoms with Gasteiger partial charge in [-0.1, -0.05) is 21.2 Å². The van der Waals surface area contributed by atoms with Gasteiger partial charge < -0.3 is 9.50 Å². The van der Waals surface area contributed by atoms with Gasteiger partial charge in [-0.15, -0.1) is 5.10 Å². The summed E-state index contributed by atoms with van der Waals surface area (Å²) in [6, 6.07) is 12.8. The number of amides is 1. The van der Waals surface area contributed by atoms with E-state index in [-0.39, 0.29) is 11.7 Å². The number of nitrogens with one attached hydrogen (secondary N) is 1. The van der Waals surface area contributed by atoms with Crippen LogP contribution in [-0.2, 0) is 15.3 Å². The van der Waals surface area contributed by atoms with Gasteiger partial charge in [-0.2, -0.15) is 8.42 Å². The van der Waals surface area contributed by atoms with Crippen molar-refractivity contribution in [1.29, 1.82) is 0 Å². The zero-order valence-corrected chi connectivity index (χ0v) is 14.3. The fraction of sp³-hybridized carbons (Fsp3) is 0.0625. The maximum atomic E-state index is 12.6. The Balaban J connectivity index is 1.84. The Morgan fingerprint density at radius 3 is 2.58 bits per heavy atom. The van der Waals surface area contributed by atoms with E-state index in [1.54, 1.807) is 36.5 Å². The highest BCUT2D eigenvalue weighted by Gasteiger charge is 2.12. The Morgan fingerprint density at radius 2 is 1.92 bits per heavy atom. The van der Waals surface area contributed by atoms with Crippen molar-refractivity contribution in [3.05, 3.63) is 54.7 Å². The van der Waals surface area contributed by atoms with E-state index in [9.17, 15) is 17.1 Å². The van der Waals surface area contributed by atoms with Crippen molar-refractivity contribution < 1.29 is 21.3 Å². The molecule has 2 aromatic carbocycles. The molecule has 0 unspecified atom stereocenters. The number of aromatic nitrogens is 3. The maximum Gasteiger partial charge on any atom is 0.488 e. The minimum Gasteiger partial charge on any atom is -0.358 e. The number of hydrogen-bond acceptors (Lipinski definition) is 6. The molecule has 8 nitrogen and oxygen atoms in total. The number of nitrogens with zero attached hydrogens (tertiary/aromatic N) is 3. The van der Waals surface area contributed by atoms with Crippen molar-refractivity contribution in [3.63, 3.8) is 0 Å². The zero-order valence-electron chi connectivity index (χ0n) is 13.5. The molecule has 0 atom stereocenters. The molecule has 0 bridgehead atoms. The molecule has 26 heavy (non-hydrogen) atoms. The number of carbonyl (C=O) groups excluding carboxylic acids is 1. The average Bonchev–Trinajstić information content (AvgIpc) is 3.04. The fourth-order valence-electron chi connectivity index (χ4n) is 2.25. The van der Waals surface area contributed by atoms with Crippen molar-refractivity contribution in [2.24, 2.45) is 0 Å². The molecule has 0 radical (unpaired) electrons. The largest absolute Gasteiger partial charge is 0.488 e. The molecule has 1 aromatic heterocycles. The summed E-state index contributed by atoms with van der Waals surface area (Å²) in [6.45, 7) is 1.42. The first-order valence-corrected chi connectivity index (χ1v) is 8.66. The molecule has 134 valence electrons. The summed E-state index contributed by atoms with van der Waals surface area (Å²) in [5, 5.41) is 10.7. The Labute approximate surface area is 148 Å². The number of halogens is 1. The van der Waals surface area contributed by atoms with Gasteiger partial charge >= 0.3 is 10.5 Å². The van der Waals surface area contributed by atoms with Crippen molar-refractivity contribution >= 4 is 22.1 Å². The molecule has 1 N–H and O–H groups in total. The van der Waals surface area contributed by atoms with Crippen molar-refractivity contribution in [1.82, 2.24) is 15.0 Å². The molecule has 10 heteroatoms. The fourth-order valence-corrected chi connectivity index (χ4v) is 2.58. The number of hydrogen-bond donors (Lipinski definition) is 1. The van der Waals surface area contributed by atoms with Crippen molar-refractivity contribution in [2.45, 2.75) is 6.92 Å². The monoisotopic (exact) mass is 376 g/mol. The van der Waals surface area contributed by atoms with Crippen LogP contribution in [0.2, 0.25) is 0 Å². The van der Waals surface area contributed by atoms with Gasteiger partial charge in [0.25, 0.3) is 0 Å². The minimum atomic E-state index is -5.10. The lowest BCUT2D eigenvalue weighted by Gasteiger charge is -2.04. The predicted molar refractivity (Wildman–Crippen MR) is 91.8 cm³/mol. The van der Waals surface area contributed by atoms with E-state index < -0.39 is 10.5 Å². The van der Waals surface area contributed by atoms with Gasteiger partial charge in [-0.3, -0.25) is 4.79 Å². The van der Waals surface area contributed by atoms with Gasteiger partial charge in [0.2, 0.25) is 5.91 Å². The van der Waals surface area contributed by atoms with E-state index in [1.165, 1.54) is 29.8 Å². The van der Waals surface area contributed by atoms with Crippen molar-refractivity contribution in [2.75, 3.05) is 5.32 Å². The summed E-state index contributed by atoms with van der Waals surface area (Å²) in [5.41, 5.74) is 2.31. The van der Waals surface area contributed by atoms with Crippen LogP contribution in [0.5, 0.6) is 5.75 Å². The van der Waals surface area contributed by atoms with Crippen LogP contribution < -0.4 is 9.50 Å².